The summed E-state index contributed by atoms with van der Waals surface area (Å²) in [6.45, 7) is 7.06. The molecule has 52 heavy (non-hydrogen) atoms. The first-order chi connectivity index (χ1) is 24.6. The van der Waals surface area contributed by atoms with Crippen molar-refractivity contribution in [3.05, 3.63) is 59.7 Å². The maximum Gasteiger partial charge on any atom is 0.311 e. The van der Waals surface area contributed by atoms with Gasteiger partial charge in [-0.2, -0.15) is 0 Å². The SMILES string of the molecule is COc1cc(C=CC(=O)CC(=O)C=Cc2ccc(OC(=O)CCCC(=O)OC[C@H]3O[C@@H]4OC(C)(C)O[C@@H]4[C@H]4OC(C)(C)O[C@H]43)c(OC)c2)ccc1O. The van der Waals surface area contributed by atoms with E-state index in [1.165, 1.54) is 50.7 Å². The Kier molecular flexibility index (Phi) is 12.2. The third-order valence-corrected chi connectivity index (χ3v) is 8.31. The average molecular weight is 725 g/mol. The van der Waals surface area contributed by atoms with Gasteiger partial charge in [0.1, 0.15) is 31.0 Å². The van der Waals surface area contributed by atoms with Crippen LogP contribution in [0.15, 0.2) is 48.6 Å². The zero-order valence-electron chi connectivity index (χ0n) is 30.0. The molecule has 3 heterocycles. The smallest absolute Gasteiger partial charge is 0.311 e. The molecular weight excluding hydrogens is 680 g/mol. The van der Waals surface area contributed by atoms with E-state index in [1.807, 2.05) is 0 Å². The van der Waals surface area contributed by atoms with Gasteiger partial charge in [-0.25, -0.2) is 0 Å². The monoisotopic (exact) mass is 724 g/mol. The van der Waals surface area contributed by atoms with E-state index >= 15 is 0 Å². The molecule has 3 saturated heterocycles. The van der Waals surface area contributed by atoms with Crippen molar-refractivity contribution in [2.75, 3.05) is 20.8 Å². The van der Waals surface area contributed by atoms with Gasteiger partial charge in [0.2, 0.25) is 0 Å². The van der Waals surface area contributed by atoms with Gasteiger partial charge in [-0.3, -0.25) is 19.2 Å². The van der Waals surface area contributed by atoms with Crippen LogP contribution >= 0.6 is 0 Å². The Morgan fingerprint density at radius 2 is 1.31 bits per heavy atom. The average Bonchev–Trinajstić information content (AvgIpc) is 3.59. The van der Waals surface area contributed by atoms with Crippen LogP contribution in [0.4, 0.5) is 0 Å². The molecule has 3 fully saturated rings. The fourth-order valence-electron chi connectivity index (χ4n) is 5.96. The summed E-state index contributed by atoms with van der Waals surface area (Å²) >= 11 is 0. The molecule has 0 bridgehead atoms. The number of hydrogen-bond donors (Lipinski definition) is 1. The molecule has 0 unspecified atom stereocenters. The minimum atomic E-state index is -0.877. The summed E-state index contributed by atoms with van der Waals surface area (Å²) in [5.41, 5.74) is 1.20. The van der Waals surface area contributed by atoms with Crippen LogP contribution in [-0.2, 0) is 47.6 Å². The van der Waals surface area contributed by atoms with Crippen LogP contribution in [0, 0.1) is 0 Å². The van der Waals surface area contributed by atoms with Crippen molar-refractivity contribution in [1.82, 2.24) is 0 Å². The maximum absolute atomic E-state index is 12.6. The Bertz CT molecular complexity index is 1710. The number of benzene rings is 2. The highest BCUT2D eigenvalue weighted by atomic mass is 16.9. The lowest BCUT2D eigenvalue weighted by Gasteiger charge is -2.36. The molecule has 0 saturated carbocycles. The van der Waals surface area contributed by atoms with Crippen LogP contribution in [0.2, 0.25) is 0 Å². The number of fused-ring (bicyclic) bond motifs is 3. The van der Waals surface area contributed by atoms with Gasteiger partial charge in [-0.05, 0) is 81.7 Å². The molecule has 0 aromatic heterocycles. The third kappa shape index (κ3) is 10.0. The van der Waals surface area contributed by atoms with Crippen LogP contribution in [0.25, 0.3) is 12.2 Å². The largest absolute Gasteiger partial charge is 0.504 e. The Labute approximate surface area is 301 Å². The highest BCUT2D eigenvalue weighted by Crippen LogP contribution is 2.44. The van der Waals surface area contributed by atoms with Crippen LogP contribution in [0.3, 0.4) is 0 Å². The molecule has 5 rings (SSSR count). The summed E-state index contributed by atoms with van der Waals surface area (Å²) < 4.78 is 51.4. The summed E-state index contributed by atoms with van der Waals surface area (Å²) in [5, 5.41) is 9.69. The van der Waals surface area contributed by atoms with E-state index < -0.39 is 65.8 Å². The third-order valence-electron chi connectivity index (χ3n) is 8.31. The van der Waals surface area contributed by atoms with Crippen molar-refractivity contribution < 1.29 is 66.9 Å². The second-order valence-electron chi connectivity index (χ2n) is 13.3. The molecule has 3 aliphatic heterocycles. The number of ketones is 2. The van der Waals surface area contributed by atoms with Gasteiger partial charge < -0.3 is 47.7 Å². The van der Waals surface area contributed by atoms with E-state index in [4.69, 9.17) is 42.6 Å². The first kappa shape index (κ1) is 38.6. The van der Waals surface area contributed by atoms with E-state index in [1.54, 1.807) is 52.0 Å². The number of ether oxygens (including phenoxy) is 9. The summed E-state index contributed by atoms with van der Waals surface area (Å²) in [6, 6.07) is 9.34. The van der Waals surface area contributed by atoms with Crippen molar-refractivity contribution in [1.29, 1.82) is 0 Å². The van der Waals surface area contributed by atoms with Crippen molar-refractivity contribution in [2.45, 2.75) is 95.7 Å². The lowest BCUT2D eigenvalue weighted by Crippen LogP contribution is -2.56. The number of esters is 2. The predicted octanol–water partition coefficient (Wildman–Crippen LogP) is 4.68. The minimum absolute atomic E-state index is 0.0242. The van der Waals surface area contributed by atoms with Crippen LogP contribution in [0.5, 0.6) is 23.0 Å². The lowest BCUT2D eigenvalue weighted by atomic mass is 9.99. The molecule has 1 N–H and O–H groups in total. The Balaban J connectivity index is 1.04. The van der Waals surface area contributed by atoms with Crippen LogP contribution in [0.1, 0.15) is 64.5 Å². The molecule has 3 aliphatic rings. The van der Waals surface area contributed by atoms with Gasteiger partial charge in [0.15, 0.2) is 52.4 Å². The molecule has 14 nitrogen and oxygen atoms in total. The van der Waals surface area contributed by atoms with Gasteiger partial charge in [-0.1, -0.05) is 24.3 Å². The second-order valence-corrected chi connectivity index (χ2v) is 13.3. The molecule has 280 valence electrons. The van der Waals surface area contributed by atoms with E-state index in [0.29, 0.717) is 11.1 Å². The normalized spacial score (nSPS) is 24.3. The topological polar surface area (TPSA) is 172 Å². The van der Waals surface area contributed by atoms with Gasteiger partial charge in [0.05, 0.1) is 20.6 Å². The standard InChI is InChI=1S/C38H44O14/c1-37(2)49-33-30(48-36-35(34(33)50-37)51-38(3,4)52-36)21-46-31(42)8-7-9-32(43)47-27-17-13-23(19-29(27)45-6)11-15-25(40)20-24(39)14-10-22-12-16-26(41)28(18-22)44-5/h10-19,30,33-36,41H,7-9,20-21H2,1-6H3/t30-,33+,34+,35-,36-/m1/s1. The summed E-state index contributed by atoms with van der Waals surface area (Å²) in [4.78, 5) is 49.8. The molecule has 14 heteroatoms. The van der Waals surface area contributed by atoms with E-state index in [2.05, 4.69) is 0 Å². The second kappa shape index (κ2) is 16.4. The number of hydrogen-bond acceptors (Lipinski definition) is 14. The molecule has 2 aromatic rings. The van der Waals surface area contributed by atoms with E-state index in [0.717, 1.165) is 0 Å². The highest BCUT2D eigenvalue weighted by Gasteiger charge is 2.60. The van der Waals surface area contributed by atoms with Crippen molar-refractivity contribution >= 4 is 35.7 Å². The number of rotatable bonds is 15. The van der Waals surface area contributed by atoms with Gasteiger partial charge in [-0.15, -0.1) is 0 Å². The molecule has 0 aliphatic carbocycles. The van der Waals surface area contributed by atoms with Crippen molar-refractivity contribution in [3.8, 4) is 23.0 Å². The number of carbonyl (C=O) groups excluding carboxylic acids is 4. The van der Waals surface area contributed by atoms with E-state index in [-0.39, 0.29) is 55.3 Å². The van der Waals surface area contributed by atoms with Gasteiger partial charge >= 0.3 is 11.9 Å². The zero-order chi connectivity index (χ0) is 37.6. The molecule has 0 spiro atoms. The summed E-state index contributed by atoms with van der Waals surface area (Å²) in [5.74, 6) is -3.00. The van der Waals surface area contributed by atoms with Crippen LogP contribution in [-0.4, -0.2) is 91.7 Å². The van der Waals surface area contributed by atoms with Gasteiger partial charge in [0.25, 0.3) is 0 Å². The van der Waals surface area contributed by atoms with Crippen molar-refractivity contribution in [3.63, 3.8) is 0 Å². The molecule has 0 amide bonds. The number of allylic oxidation sites excluding steroid dienone is 2. The number of aromatic hydroxyl groups is 1. The Morgan fingerprint density at radius 1 is 0.731 bits per heavy atom. The molecule has 0 radical (unpaired) electrons. The fraction of sp³-hybridized carbons (Fsp3) is 0.474. The quantitative estimate of drug-likeness (QED) is 0.116. The first-order valence-corrected chi connectivity index (χ1v) is 16.8. The molecule has 2 aromatic carbocycles. The number of methoxy groups -OCH3 is 2. The predicted molar refractivity (Wildman–Crippen MR) is 183 cm³/mol. The lowest BCUT2D eigenvalue weighted by molar-refractivity contribution is -0.242. The Morgan fingerprint density at radius 3 is 1.98 bits per heavy atom. The van der Waals surface area contributed by atoms with E-state index in [9.17, 15) is 24.3 Å². The maximum atomic E-state index is 12.6. The summed E-state index contributed by atoms with van der Waals surface area (Å²) in [6.07, 6.45) is 2.51. The number of phenols is 1. The fourth-order valence-corrected chi connectivity index (χ4v) is 5.96. The zero-order valence-corrected chi connectivity index (χ0v) is 30.0. The van der Waals surface area contributed by atoms with Gasteiger partial charge in [0, 0.05) is 12.8 Å². The first-order valence-electron chi connectivity index (χ1n) is 16.8. The molecular formula is C38H44O14. The highest BCUT2D eigenvalue weighted by molar-refractivity contribution is 6.10. The number of carbonyl (C=O) groups is 4. The Hall–Kier alpha value is -4.60. The van der Waals surface area contributed by atoms with Crippen LogP contribution < -0.4 is 14.2 Å². The molecule has 5 atom stereocenters. The van der Waals surface area contributed by atoms with Crippen molar-refractivity contribution in [2.24, 2.45) is 0 Å². The number of phenolic OH excluding ortho intramolecular Hbond substituents is 1. The summed E-state index contributed by atoms with van der Waals surface area (Å²) in [7, 11) is 2.83. The minimum Gasteiger partial charge on any atom is -0.504 e.